The number of likely N-dealkylation sites (tertiary alicyclic amines) is 1. The average Bonchev–Trinajstić information content (AvgIpc) is 3.42. The molecule has 0 amide bonds. The van der Waals surface area contributed by atoms with Crippen LogP contribution in [0.1, 0.15) is 32.1 Å². The highest BCUT2D eigenvalue weighted by atomic mass is 32.2. The largest absolute Gasteiger partial charge is 0.392 e. The van der Waals surface area contributed by atoms with Gasteiger partial charge < -0.3 is 10.0 Å². The van der Waals surface area contributed by atoms with Crippen molar-refractivity contribution in [2.24, 2.45) is 5.92 Å². The van der Waals surface area contributed by atoms with Gasteiger partial charge in [0.2, 0.25) is 10.0 Å². The molecule has 2 N–H and O–H groups in total. The van der Waals surface area contributed by atoms with E-state index in [1.54, 1.807) is 12.1 Å². The van der Waals surface area contributed by atoms with Crippen LogP contribution in [-0.2, 0) is 10.0 Å². The number of hydrogen-bond acceptors (Lipinski definition) is 4. The topological polar surface area (TPSA) is 69.6 Å². The van der Waals surface area contributed by atoms with Gasteiger partial charge in [0.25, 0.3) is 0 Å². The molecule has 2 atom stereocenters. The van der Waals surface area contributed by atoms with Crippen molar-refractivity contribution in [3.8, 4) is 0 Å². The molecule has 0 radical (unpaired) electrons. The van der Waals surface area contributed by atoms with Crippen LogP contribution in [0.3, 0.4) is 0 Å². The van der Waals surface area contributed by atoms with Gasteiger partial charge in [0, 0.05) is 24.5 Å². The van der Waals surface area contributed by atoms with E-state index in [0.717, 1.165) is 24.4 Å². The van der Waals surface area contributed by atoms with Crippen molar-refractivity contribution < 1.29 is 13.5 Å². The molecule has 1 aliphatic carbocycles. The Morgan fingerprint density at radius 1 is 1.11 bits per heavy atom. The van der Waals surface area contributed by atoms with Crippen molar-refractivity contribution in [2.75, 3.05) is 19.6 Å². The van der Waals surface area contributed by atoms with E-state index < -0.39 is 16.1 Å². The fourth-order valence-electron chi connectivity index (χ4n) is 4.27. The molecule has 5 nitrogen and oxygen atoms in total. The Hall–Kier alpha value is -1.47. The summed E-state index contributed by atoms with van der Waals surface area (Å²) in [5.74, 6) is 0.856. The van der Waals surface area contributed by atoms with Crippen LogP contribution in [0.25, 0.3) is 10.8 Å². The van der Waals surface area contributed by atoms with Crippen LogP contribution in [0.15, 0.2) is 47.4 Å². The Bertz CT molecular complexity index is 890. The number of nitrogens with zero attached hydrogens (tertiary/aromatic N) is 1. The molecular weight excluding hydrogens is 360 g/mol. The third kappa shape index (κ3) is 4.35. The van der Waals surface area contributed by atoms with Gasteiger partial charge >= 0.3 is 0 Å². The summed E-state index contributed by atoms with van der Waals surface area (Å²) in [7, 11) is -3.66. The molecule has 0 spiro atoms. The van der Waals surface area contributed by atoms with E-state index in [1.165, 1.54) is 25.7 Å². The molecule has 2 aliphatic rings. The Morgan fingerprint density at radius 3 is 2.70 bits per heavy atom. The third-order valence-corrected chi connectivity index (χ3v) is 7.36. The van der Waals surface area contributed by atoms with Crippen molar-refractivity contribution in [2.45, 2.75) is 49.1 Å². The minimum Gasteiger partial charge on any atom is -0.392 e. The summed E-state index contributed by atoms with van der Waals surface area (Å²) in [5.41, 5.74) is 0. The van der Waals surface area contributed by atoms with Crippen molar-refractivity contribution in [1.82, 2.24) is 9.62 Å². The van der Waals surface area contributed by atoms with Gasteiger partial charge in [-0.1, -0.05) is 36.4 Å². The fraction of sp³-hybridized carbons (Fsp3) is 0.524. The van der Waals surface area contributed by atoms with Crippen LogP contribution in [0.5, 0.6) is 0 Å². The Labute approximate surface area is 161 Å². The minimum atomic E-state index is -3.66. The maximum atomic E-state index is 12.7. The highest BCUT2D eigenvalue weighted by Gasteiger charge is 2.37. The zero-order valence-electron chi connectivity index (χ0n) is 15.5. The van der Waals surface area contributed by atoms with Crippen LogP contribution in [0.2, 0.25) is 0 Å². The summed E-state index contributed by atoms with van der Waals surface area (Å²) in [6, 6.07) is 13.4. The molecule has 2 aromatic carbocycles. The van der Waals surface area contributed by atoms with E-state index in [1.807, 2.05) is 30.3 Å². The standard InChI is InChI=1S/C21H28N2O3S/c24-18(12-14-23-13-4-8-20(23)17-10-11-17)15-22-27(25,26)21-9-3-6-16-5-1-2-7-19(16)21/h1-3,5-7,9,17-18,20,22,24H,4,8,10-15H2/t18-,20?/m1/s1. The predicted octanol–water partition coefficient (Wildman–Crippen LogP) is 2.74. The molecule has 1 saturated carbocycles. The second kappa shape index (κ2) is 7.87. The van der Waals surface area contributed by atoms with Crippen molar-refractivity contribution in [3.05, 3.63) is 42.5 Å². The first-order valence-corrected chi connectivity index (χ1v) is 11.4. The highest BCUT2D eigenvalue weighted by Crippen LogP contribution is 2.40. The van der Waals surface area contributed by atoms with E-state index in [0.29, 0.717) is 17.8 Å². The lowest BCUT2D eigenvalue weighted by molar-refractivity contribution is 0.135. The molecule has 1 unspecified atom stereocenters. The molecule has 6 heteroatoms. The molecule has 4 rings (SSSR count). The number of benzene rings is 2. The molecule has 2 fully saturated rings. The molecule has 146 valence electrons. The Morgan fingerprint density at radius 2 is 1.89 bits per heavy atom. The summed E-state index contributed by atoms with van der Waals surface area (Å²) in [4.78, 5) is 2.75. The van der Waals surface area contributed by atoms with Crippen LogP contribution < -0.4 is 4.72 Å². The second-order valence-electron chi connectivity index (χ2n) is 7.85. The molecule has 0 aromatic heterocycles. The smallest absolute Gasteiger partial charge is 0.241 e. The average molecular weight is 389 g/mol. The molecule has 1 heterocycles. The van der Waals surface area contributed by atoms with E-state index in [-0.39, 0.29) is 11.4 Å². The molecule has 0 bridgehead atoms. The van der Waals surface area contributed by atoms with E-state index in [9.17, 15) is 13.5 Å². The number of rotatable bonds is 8. The number of fused-ring (bicyclic) bond motifs is 1. The Kier molecular flexibility index (Phi) is 5.50. The highest BCUT2D eigenvalue weighted by molar-refractivity contribution is 7.89. The van der Waals surface area contributed by atoms with Gasteiger partial charge in [-0.15, -0.1) is 0 Å². The van der Waals surface area contributed by atoms with E-state index in [2.05, 4.69) is 9.62 Å². The van der Waals surface area contributed by atoms with Crippen molar-refractivity contribution in [1.29, 1.82) is 0 Å². The zero-order chi connectivity index (χ0) is 18.9. The van der Waals surface area contributed by atoms with E-state index in [4.69, 9.17) is 0 Å². The van der Waals surface area contributed by atoms with Crippen LogP contribution >= 0.6 is 0 Å². The van der Waals surface area contributed by atoms with Crippen LogP contribution in [0.4, 0.5) is 0 Å². The second-order valence-corrected chi connectivity index (χ2v) is 9.59. The molecular formula is C21H28N2O3S. The first-order valence-electron chi connectivity index (χ1n) is 9.94. The van der Waals surface area contributed by atoms with Gasteiger partial charge in [0.15, 0.2) is 0 Å². The van der Waals surface area contributed by atoms with Gasteiger partial charge in [0.1, 0.15) is 0 Å². The lowest BCUT2D eigenvalue weighted by atomic mass is 10.1. The SMILES string of the molecule is O=S(=O)(NC[C@H](O)CCN1CCCC1C1CC1)c1cccc2ccccc12. The van der Waals surface area contributed by atoms with Gasteiger partial charge in [-0.2, -0.15) is 0 Å². The summed E-state index contributed by atoms with van der Waals surface area (Å²) in [6.07, 6.45) is 5.12. The summed E-state index contributed by atoms with van der Waals surface area (Å²) in [6.45, 7) is 2.00. The predicted molar refractivity (Wildman–Crippen MR) is 107 cm³/mol. The van der Waals surface area contributed by atoms with Crippen LogP contribution in [-0.4, -0.2) is 50.2 Å². The number of hydrogen-bond donors (Lipinski definition) is 2. The number of aliphatic hydroxyl groups is 1. The lowest BCUT2D eigenvalue weighted by Crippen LogP contribution is -2.37. The lowest BCUT2D eigenvalue weighted by Gasteiger charge is -2.25. The molecule has 1 saturated heterocycles. The Balaban J connectivity index is 1.34. The summed E-state index contributed by atoms with van der Waals surface area (Å²) in [5, 5.41) is 11.9. The summed E-state index contributed by atoms with van der Waals surface area (Å²) < 4.78 is 28.0. The van der Waals surface area contributed by atoms with Gasteiger partial charge in [-0.3, -0.25) is 0 Å². The van der Waals surface area contributed by atoms with Crippen molar-refractivity contribution in [3.63, 3.8) is 0 Å². The number of aliphatic hydroxyl groups excluding tert-OH is 1. The van der Waals surface area contributed by atoms with Crippen LogP contribution in [0, 0.1) is 5.92 Å². The summed E-state index contributed by atoms with van der Waals surface area (Å²) >= 11 is 0. The first-order chi connectivity index (χ1) is 13.0. The molecule has 2 aromatic rings. The molecule has 1 aliphatic heterocycles. The van der Waals surface area contributed by atoms with Gasteiger partial charge in [0.05, 0.1) is 11.0 Å². The maximum Gasteiger partial charge on any atom is 0.241 e. The van der Waals surface area contributed by atoms with Crippen molar-refractivity contribution >= 4 is 20.8 Å². The number of nitrogens with one attached hydrogen (secondary N) is 1. The number of sulfonamides is 1. The maximum absolute atomic E-state index is 12.7. The molecule has 27 heavy (non-hydrogen) atoms. The van der Waals surface area contributed by atoms with Gasteiger partial charge in [-0.05, 0) is 56.0 Å². The van der Waals surface area contributed by atoms with E-state index >= 15 is 0 Å². The fourth-order valence-corrected chi connectivity index (χ4v) is 5.58. The zero-order valence-corrected chi connectivity index (χ0v) is 16.4. The monoisotopic (exact) mass is 388 g/mol. The normalized spacial score (nSPS) is 22.3. The van der Waals surface area contributed by atoms with Gasteiger partial charge in [-0.25, -0.2) is 13.1 Å². The first kappa shape index (κ1) is 18.9. The third-order valence-electron chi connectivity index (χ3n) is 5.88. The quantitative estimate of drug-likeness (QED) is 0.730. The minimum absolute atomic E-state index is 0.0491.